The van der Waals surface area contributed by atoms with Gasteiger partial charge in [-0.15, -0.1) is 0 Å². The van der Waals surface area contributed by atoms with Crippen molar-refractivity contribution in [3.63, 3.8) is 0 Å². The zero-order valence-corrected chi connectivity index (χ0v) is 22.7. The van der Waals surface area contributed by atoms with Crippen molar-refractivity contribution in [3.05, 3.63) is 18.7 Å². The van der Waals surface area contributed by atoms with Gasteiger partial charge in [0.05, 0.1) is 6.61 Å². The molecule has 0 saturated carbocycles. The first-order valence-corrected chi connectivity index (χ1v) is 11.8. The fraction of sp³-hybridized carbons (Fsp3) is 0.870. The minimum atomic E-state index is -1.57. The molecule has 1 aliphatic heterocycles. The van der Waals surface area contributed by atoms with Gasteiger partial charge < -0.3 is 41.1 Å². The molecule has 0 aromatic heterocycles. The van der Waals surface area contributed by atoms with Crippen LogP contribution in [0.15, 0.2) is 12.2 Å². The molecule has 9 heteroatoms. The number of nitrogens with two attached hydrogens (primary N) is 1. The Morgan fingerprint density at radius 1 is 0.844 bits per heavy atom. The van der Waals surface area contributed by atoms with Crippen LogP contribution in [0.5, 0.6) is 0 Å². The molecule has 1 rings (SSSR count). The van der Waals surface area contributed by atoms with Gasteiger partial charge in [0.1, 0.15) is 24.4 Å². The second-order valence-electron chi connectivity index (χ2n) is 8.15. The molecule has 1 heterocycles. The van der Waals surface area contributed by atoms with E-state index in [2.05, 4.69) is 11.7 Å². The fourth-order valence-corrected chi connectivity index (χ4v) is 3.31. The number of aliphatic hydroxyl groups excluding tert-OH is 6. The van der Waals surface area contributed by atoms with Gasteiger partial charge in [-0.05, 0) is 18.9 Å². The molecule has 8 nitrogen and oxygen atoms in total. The Bertz CT molecular complexity index is 426. The Balaban J connectivity index is 0. The standard InChI is InChI=1S/C17H34NO.C6H12O6.Ce/c1-2-3-4-5-6-7-8-9-10-11-12-13-14-15-17(19)16-18;7-1-2-3(8)4(9)5(10)6(11)12-2;/h14-17,19H,2-13,18H2,1H3;2-11H,1H2;/q-1;;/b15-14+;;/t;2-,3-,4+,5-,6?;/m.1./s1. The van der Waals surface area contributed by atoms with E-state index in [4.69, 9.17) is 36.4 Å². The van der Waals surface area contributed by atoms with Crippen LogP contribution in [0.3, 0.4) is 0 Å². The van der Waals surface area contributed by atoms with Crippen molar-refractivity contribution >= 4 is 0 Å². The van der Waals surface area contributed by atoms with Crippen molar-refractivity contribution < 1.29 is 77.1 Å². The summed E-state index contributed by atoms with van der Waals surface area (Å²) in [5, 5.41) is 53.8. The first kappa shape index (κ1) is 35.0. The third kappa shape index (κ3) is 17.3. The summed E-state index contributed by atoms with van der Waals surface area (Å²) in [5.41, 5.74) is 5.19. The number of unbranched alkanes of at least 4 members (excludes halogenated alkanes) is 11. The molecule has 0 bridgehead atoms. The molecule has 0 spiro atoms. The quantitative estimate of drug-likeness (QED) is 0.0862. The van der Waals surface area contributed by atoms with Crippen LogP contribution in [-0.4, -0.2) is 74.1 Å². The smallest absolute Gasteiger partial charge is 0.184 e. The molecule has 0 aromatic carbocycles. The van der Waals surface area contributed by atoms with Crippen LogP contribution >= 0.6 is 0 Å². The first-order valence-electron chi connectivity index (χ1n) is 11.8. The van der Waals surface area contributed by atoms with E-state index in [1.54, 1.807) is 6.08 Å². The van der Waals surface area contributed by atoms with Crippen LogP contribution < -0.4 is 5.73 Å². The molecule has 1 aliphatic rings. The summed E-state index contributed by atoms with van der Waals surface area (Å²) in [6.07, 6.45) is 12.4. The van der Waals surface area contributed by atoms with E-state index in [-0.39, 0.29) is 41.7 Å². The van der Waals surface area contributed by atoms with Crippen LogP contribution in [0.4, 0.5) is 0 Å². The summed E-state index contributed by atoms with van der Waals surface area (Å²) in [4.78, 5) is 0. The number of rotatable bonds is 15. The van der Waals surface area contributed by atoms with Gasteiger partial charge in [-0.2, -0.15) is 0 Å². The summed E-state index contributed by atoms with van der Waals surface area (Å²) in [6, 6.07) is 0. The molecule has 32 heavy (non-hydrogen) atoms. The molecule has 1 saturated heterocycles. The minimum Gasteiger partial charge on any atom is -0.481 e. The zero-order valence-electron chi connectivity index (χ0n) is 19.6. The van der Waals surface area contributed by atoms with Crippen molar-refractivity contribution in [1.29, 1.82) is 0 Å². The fourth-order valence-electron chi connectivity index (χ4n) is 3.31. The van der Waals surface area contributed by atoms with Gasteiger partial charge >= 0.3 is 0 Å². The Labute approximate surface area is 227 Å². The van der Waals surface area contributed by atoms with Crippen molar-refractivity contribution in [2.24, 2.45) is 5.73 Å². The molecule has 6 atom stereocenters. The maximum Gasteiger partial charge on any atom is 0.184 e. The van der Waals surface area contributed by atoms with E-state index >= 15 is 0 Å². The van der Waals surface area contributed by atoms with Crippen LogP contribution in [0.1, 0.15) is 84.0 Å². The molecule has 190 valence electrons. The predicted octanol–water partition coefficient (Wildman–Crippen LogP) is 1.50. The first-order chi connectivity index (χ1) is 14.9. The van der Waals surface area contributed by atoms with E-state index < -0.39 is 43.4 Å². The topological polar surface area (TPSA) is 157 Å². The molecule has 8 N–H and O–H groups in total. The van der Waals surface area contributed by atoms with Gasteiger partial charge in [0, 0.05) is 41.7 Å². The summed E-state index contributed by atoms with van der Waals surface area (Å²) in [5.74, 6) is 0. The molecule has 2 unspecified atom stereocenters. The maximum atomic E-state index is 9.17. The van der Waals surface area contributed by atoms with Crippen LogP contribution in [-0.2, 0) is 4.74 Å². The number of hydrogen-bond acceptors (Lipinski definition) is 8. The summed E-state index contributed by atoms with van der Waals surface area (Å²) < 4.78 is 4.58. The van der Waals surface area contributed by atoms with E-state index in [0.717, 1.165) is 6.42 Å². The molecule has 1 fully saturated rings. The van der Waals surface area contributed by atoms with Crippen molar-refractivity contribution in [1.82, 2.24) is 0 Å². The number of hydrogen-bond donors (Lipinski definition) is 7. The predicted molar refractivity (Wildman–Crippen MR) is 121 cm³/mol. The molecule has 0 radical (unpaired) electrons. The van der Waals surface area contributed by atoms with Gasteiger partial charge in [0.2, 0.25) is 0 Å². The van der Waals surface area contributed by atoms with E-state index in [9.17, 15) is 0 Å². The molecular formula is C23H46CeNO7-. The normalized spacial score (nSPS) is 26.3. The molecular weight excluding hydrogens is 542 g/mol. The van der Waals surface area contributed by atoms with Gasteiger partial charge in [0.15, 0.2) is 6.29 Å². The Kier molecular flexibility index (Phi) is 25.7. The van der Waals surface area contributed by atoms with Crippen molar-refractivity contribution in [2.75, 3.05) is 6.61 Å². The van der Waals surface area contributed by atoms with Crippen LogP contribution in [0.25, 0.3) is 0 Å². The monoisotopic (exact) mass is 588 g/mol. The summed E-state index contributed by atoms with van der Waals surface area (Å²) >= 11 is 0. The third-order valence-corrected chi connectivity index (χ3v) is 5.37. The second-order valence-corrected chi connectivity index (χ2v) is 8.15. The van der Waals surface area contributed by atoms with Crippen molar-refractivity contribution in [2.45, 2.75) is 121 Å². The number of allylic oxidation sites excluding steroid dienone is 1. The SMILES string of the molecule is CCCCCCCCCCCCC/C=C/C(O)[CH-]N.OC[C@H]1OC(O)[C@H](O)[C@@H](O)[C@@H]1O.[Ce]. The Hall–Kier alpha value is 0.797. The Morgan fingerprint density at radius 2 is 1.34 bits per heavy atom. The van der Waals surface area contributed by atoms with Crippen molar-refractivity contribution in [3.8, 4) is 0 Å². The molecule has 0 aliphatic carbocycles. The summed E-state index contributed by atoms with van der Waals surface area (Å²) in [6.45, 7) is 3.04. The van der Waals surface area contributed by atoms with Gasteiger partial charge in [-0.1, -0.05) is 83.3 Å². The van der Waals surface area contributed by atoms with Gasteiger partial charge in [-0.3, -0.25) is 0 Å². The average Bonchev–Trinajstić information content (AvgIpc) is 2.78. The average molecular weight is 589 g/mol. The van der Waals surface area contributed by atoms with E-state index in [0.29, 0.717) is 0 Å². The molecule has 0 aromatic rings. The number of aliphatic hydroxyl groups is 6. The van der Waals surface area contributed by atoms with Crippen LogP contribution in [0.2, 0.25) is 0 Å². The van der Waals surface area contributed by atoms with E-state index in [1.165, 1.54) is 77.2 Å². The maximum absolute atomic E-state index is 9.17. The third-order valence-electron chi connectivity index (χ3n) is 5.37. The Morgan fingerprint density at radius 3 is 1.81 bits per heavy atom. The van der Waals surface area contributed by atoms with Gasteiger partial charge in [-0.25, -0.2) is 6.54 Å². The van der Waals surface area contributed by atoms with Gasteiger partial charge in [0.25, 0.3) is 0 Å². The second kappa shape index (κ2) is 23.5. The summed E-state index contributed by atoms with van der Waals surface area (Å²) in [7, 11) is 0. The zero-order chi connectivity index (χ0) is 23.5. The molecule has 0 amide bonds. The minimum absolute atomic E-state index is 0. The number of ether oxygens (including phenoxy) is 1. The largest absolute Gasteiger partial charge is 0.481 e. The van der Waals surface area contributed by atoms with E-state index in [1.807, 2.05) is 6.08 Å². The van der Waals surface area contributed by atoms with Crippen LogP contribution in [0, 0.1) is 48.3 Å².